The number of halogens is 1. The number of hydrogen-bond acceptors (Lipinski definition) is 4. The lowest BCUT2D eigenvalue weighted by atomic mass is 10.2. The van der Waals surface area contributed by atoms with Crippen molar-refractivity contribution >= 4 is 21.4 Å². The van der Waals surface area contributed by atoms with Crippen LogP contribution in [-0.4, -0.2) is 37.2 Å². The van der Waals surface area contributed by atoms with E-state index in [-0.39, 0.29) is 17.5 Å². The molecule has 1 aliphatic heterocycles. The van der Waals surface area contributed by atoms with E-state index in [0.29, 0.717) is 11.6 Å². The molecule has 0 aliphatic carbocycles. The highest BCUT2D eigenvalue weighted by molar-refractivity contribution is 7.91. The molecule has 1 saturated heterocycles. The molecule has 0 aromatic heterocycles. The molecule has 0 spiro atoms. The van der Waals surface area contributed by atoms with Gasteiger partial charge >= 0.3 is 0 Å². The van der Waals surface area contributed by atoms with Crippen LogP contribution in [0.15, 0.2) is 24.3 Å². The molecule has 1 fully saturated rings. The van der Waals surface area contributed by atoms with Gasteiger partial charge in [0.1, 0.15) is 0 Å². The van der Waals surface area contributed by atoms with Crippen LogP contribution in [0.4, 0.5) is 0 Å². The van der Waals surface area contributed by atoms with Crippen LogP contribution in [0.3, 0.4) is 0 Å². The van der Waals surface area contributed by atoms with Gasteiger partial charge in [0.2, 0.25) is 0 Å². The molecule has 1 aromatic carbocycles. The van der Waals surface area contributed by atoms with Gasteiger partial charge in [0.15, 0.2) is 9.84 Å². The number of nitrogens with one attached hydrogen (secondary N) is 1. The summed E-state index contributed by atoms with van der Waals surface area (Å²) in [5, 5.41) is 13.3. The summed E-state index contributed by atoms with van der Waals surface area (Å²) in [4.78, 5) is 0. The quantitative estimate of drug-likeness (QED) is 0.847. The highest BCUT2D eigenvalue weighted by Gasteiger charge is 2.35. The van der Waals surface area contributed by atoms with Crippen molar-refractivity contribution in [3.05, 3.63) is 34.9 Å². The van der Waals surface area contributed by atoms with Crippen LogP contribution in [0.1, 0.15) is 5.56 Å². The van der Waals surface area contributed by atoms with Crippen LogP contribution >= 0.6 is 11.6 Å². The van der Waals surface area contributed by atoms with Crippen molar-refractivity contribution in [3.63, 3.8) is 0 Å². The average molecular weight is 276 g/mol. The third-order valence-corrected chi connectivity index (χ3v) is 4.77. The van der Waals surface area contributed by atoms with Gasteiger partial charge in [-0.1, -0.05) is 23.7 Å². The lowest BCUT2D eigenvalue weighted by Gasteiger charge is -2.14. The Balaban J connectivity index is 1.93. The Kier molecular flexibility index (Phi) is 3.73. The molecule has 2 N–H and O–H groups in total. The molecule has 94 valence electrons. The molecule has 1 aliphatic rings. The Morgan fingerprint density at radius 3 is 2.47 bits per heavy atom. The molecule has 0 radical (unpaired) electrons. The minimum atomic E-state index is -3.09. The second-order valence-corrected chi connectivity index (χ2v) is 6.85. The van der Waals surface area contributed by atoms with Crippen LogP contribution in [0.2, 0.25) is 5.02 Å². The maximum atomic E-state index is 11.3. The van der Waals surface area contributed by atoms with E-state index in [1.807, 2.05) is 12.1 Å². The standard InChI is InChI=1S/C11H14ClNO3S/c12-9-3-1-8(2-4-9)5-13-10-6-17(15,16)7-11(10)14/h1-4,10-11,13-14H,5-7H2/t10-,11+/m0/s1. The van der Waals surface area contributed by atoms with Gasteiger partial charge in [-0.05, 0) is 17.7 Å². The molecular formula is C11H14ClNO3S. The van der Waals surface area contributed by atoms with Gasteiger partial charge in [0, 0.05) is 17.6 Å². The Labute approximate surface area is 106 Å². The lowest BCUT2D eigenvalue weighted by Crippen LogP contribution is -2.38. The largest absolute Gasteiger partial charge is 0.390 e. The van der Waals surface area contributed by atoms with Gasteiger partial charge in [-0.15, -0.1) is 0 Å². The van der Waals surface area contributed by atoms with E-state index in [1.165, 1.54) is 0 Å². The van der Waals surface area contributed by atoms with Crippen LogP contribution in [0.5, 0.6) is 0 Å². The van der Waals surface area contributed by atoms with Gasteiger partial charge in [-0.2, -0.15) is 0 Å². The first-order valence-corrected chi connectivity index (χ1v) is 7.52. The Morgan fingerprint density at radius 2 is 1.94 bits per heavy atom. The topological polar surface area (TPSA) is 66.4 Å². The number of benzene rings is 1. The van der Waals surface area contributed by atoms with Crippen molar-refractivity contribution in [1.82, 2.24) is 5.32 Å². The molecule has 4 nitrogen and oxygen atoms in total. The van der Waals surface area contributed by atoms with Crippen LogP contribution in [0.25, 0.3) is 0 Å². The minimum Gasteiger partial charge on any atom is -0.390 e. The highest BCUT2D eigenvalue weighted by atomic mass is 35.5. The zero-order chi connectivity index (χ0) is 12.5. The summed E-state index contributed by atoms with van der Waals surface area (Å²) >= 11 is 5.76. The molecule has 0 unspecified atom stereocenters. The number of aliphatic hydroxyl groups excluding tert-OH is 1. The minimum absolute atomic E-state index is 0.00174. The molecule has 6 heteroatoms. The normalized spacial score (nSPS) is 27.2. The van der Waals surface area contributed by atoms with E-state index in [2.05, 4.69) is 5.32 Å². The second-order valence-electron chi connectivity index (χ2n) is 4.26. The average Bonchev–Trinajstić information content (AvgIpc) is 2.51. The SMILES string of the molecule is O=S1(=O)C[C@@H](O)[C@@H](NCc2ccc(Cl)cc2)C1. The summed E-state index contributed by atoms with van der Waals surface area (Å²) < 4.78 is 22.6. The fourth-order valence-electron chi connectivity index (χ4n) is 1.88. The Morgan fingerprint density at radius 1 is 1.29 bits per heavy atom. The Bertz CT molecular complexity index is 486. The summed E-state index contributed by atoms with van der Waals surface area (Å²) in [5.41, 5.74) is 1.01. The molecule has 1 aromatic rings. The second kappa shape index (κ2) is 4.94. The van der Waals surface area contributed by atoms with Crippen molar-refractivity contribution in [2.75, 3.05) is 11.5 Å². The van der Waals surface area contributed by atoms with Crippen LogP contribution in [0, 0.1) is 0 Å². The zero-order valence-electron chi connectivity index (χ0n) is 9.14. The third-order valence-electron chi connectivity index (χ3n) is 2.80. The molecule has 0 saturated carbocycles. The van der Waals surface area contributed by atoms with E-state index in [4.69, 9.17) is 11.6 Å². The first kappa shape index (κ1) is 12.8. The monoisotopic (exact) mass is 275 g/mol. The molecular weight excluding hydrogens is 262 g/mol. The fourth-order valence-corrected chi connectivity index (χ4v) is 3.78. The number of aliphatic hydroxyl groups is 1. The third kappa shape index (κ3) is 3.42. The van der Waals surface area contributed by atoms with Gasteiger partial charge in [-0.25, -0.2) is 8.42 Å². The summed E-state index contributed by atoms with van der Waals surface area (Å²) in [6.07, 6.45) is -0.813. The fraction of sp³-hybridized carbons (Fsp3) is 0.455. The van der Waals surface area contributed by atoms with Crippen molar-refractivity contribution in [1.29, 1.82) is 0 Å². The molecule has 2 atom stereocenters. The van der Waals surface area contributed by atoms with E-state index in [9.17, 15) is 13.5 Å². The zero-order valence-corrected chi connectivity index (χ0v) is 10.7. The molecule has 0 amide bonds. The van der Waals surface area contributed by atoms with Crippen LogP contribution < -0.4 is 5.32 Å². The summed E-state index contributed by atoms with van der Waals surface area (Å²) in [7, 11) is -3.09. The van der Waals surface area contributed by atoms with Gasteiger partial charge in [-0.3, -0.25) is 0 Å². The number of rotatable bonds is 3. The predicted octanol–water partition coefficient (Wildman–Crippen LogP) is 0.587. The molecule has 2 rings (SSSR count). The van der Waals surface area contributed by atoms with Crippen molar-refractivity contribution in [2.45, 2.75) is 18.7 Å². The summed E-state index contributed by atoms with van der Waals surface area (Å²) in [6, 6.07) is 6.91. The first-order valence-electron chi connectivity index (χ1n) is 5.32. The smallest absolute Gasteiger partial charge is 0.154 e. The number of sulfone groups is 1. The van der Waals surface area contributed by atoms with E-state index in [0.717, 1.165) is 5.56 Å². The van der Waals surface area contributed by atoms with Crippen molar-refractivity contribution in [2.24, 2.45) is 0 Å². The van der Waals surface area contributed by atoms with Crippen molar-refractivity contribution in [3.8, 4) is 0 Å². The van der Waals surface area contributed by atoms with E-state index in [1.54, 1.807) is 12.1 Å². The van der Waals surface area contributed by atoms with E-state index < -0.39 is 15.9 Å². The van der Waals surface area contributed by atoms with Gasteiger partial charge in [0.25, 0.3) is 0 Å². The van der Waals surface area contributed by atoms with Crippen molar-refractivity contribution < 1.29 is 13.5 Å². The molecule has 0 bridgehead atoms. The van der Waals surface area contributed by atoms with E-state index >= 15 is 0 Å². The maximum absolute atomic E-state index is 11.3. The van der Waals surface area contributed by atoms with Gasteiger partial charge in [0.05, 0.1) is 17.6 Å². The maximum Gasteiger partial charge on any atom is 0.154 e. The predicted molar refractivity (Wildman–Crippen MR) is 66.7 cm³/mol. The Hall–Kier alpha value is -0.620. The molecule has 1 heterocycles. The number of hydrogen-bond donors (Lipinski definition) is 2. The first-order chi connectivity index (χ1) is 7.96. The van der Waals surface area contributed by atoms with Crippen LogP contribution in [-0.2, 0) is 16.4 Å². The molecule has 17 heavy (non-hydrogen) atoms. The van der Waals surface area contributed by atoms with Gasteiger partial charge < -0.3 is 10.4 Å². The highest BCUT2D eigenvalue weighted by Crippen LogP contribution is 2.14. The lowest BCUT2D eigenvalue weighted by molar-refractivity contribution is 0.165. The summed E-state index contributed by atoms with van der Waals surface area (Å²) in [6.45, 7) is 0.522. The summed E-state index contributed by atoms with van der Waals surface area (Å²) in [5.74, 6) is -0.146.